The van der Waals surface area contributed by atoms with Gasteiger partial charge in [-0.05, 0) is 42.6 Å². The van der Waals surface area contributed by atoms with E-state index in [1.165, 1.54) is 4.57 Å². The first-order valence-electron chi connectivity index (χ1n) is 9.80. The maximum atomic E-state index is 12.4. The van der Waals surface area contributed by atoms with Crippen molar-refractivity contribution < 1.29 is 14.6 Å². The highest BCUT2D eigenvalue weighted by molar-refractivity contribution is 7.71. The molecule has 0 radical (unpaired) electrons. The Kier molecular flexibility index (Phi) is 7.24. The fourth-order valence-corrected chi connectivity index (χ4v) is 3.65. The van der Waals surface area contributed by atoms with Crippen LogP contribution in [0.2, 0.25) is 0 Å². The van der Waals surface area contributed by atoms with Gasteiger partial charge >= 0.3 is 6.09 Å². The quantitative estimate of drug-likeness (QED) is 0.540. The molecule has 1 aliphatic rings. The summed E-state index contributed by atoms with van der Waals surface area (Å²) in [6, 6.07) is 9.53. The van der Waals surface area contributed by atoms with E-state index in [0.717, 1.165) is 18.4 Å². The van der Waals surface area contributed by atoms with E-state index >= 15 is 0 Å². The molecule has 1 atom stereocenters. The van der Waals surface area contributed by atoms with E-state index in [-0.39, 0.29) is 41.4 Å². The van der Waals surface area contributed by atoms with Crippen molar-refractivity contribution in [2.45, 2.75) is 26.0 Å². The van der Waals surface area contributed by atoms with Gasteiger partial charge in [0.25, 0.3) is 5.56 Å². The topological polar surface area (TPSA) is 87.6 Å². The minimum atomic E-state index is -0.455. The van der Waals surface area contributed by atoms with Crippen LogP contribution in [0, 0.1) is 10.7 Å². The highest BCUT2D eigenvalue weighted by Crippen LogP contribution is 2.21. The molecule has 1 amide bonds. The molecule has 2 heterocycles. The van der Waals surface area contributed by atoms with Crippen LogP contribution in [-0.2, 0) is 17.9 Å². The van der Waals surface area contributed by atoms with Crippen LogP contribution in [0.25, 0.3) is 6.08 Å². The van der Waals surface area contributed by atoms with E-state index in [1.807, 2.05) is 36.4 Å². The van der Waals surface area contributed by atoms with Gasteiger partial charge in [0.05, 0.1) is 5.56 Å². The van der Waals surface area contributed by atoms with Crippen LogP contribution >= 0.6 is 12.2 Å². The SMILES string of the molecule is C=CCn1c(O)c(C=CC2CCCN(C(=O)OCc3ccccc3)C2)c(=O)[nH]c1=S. The Morgan fingerprint density at radius 1 is 1.37 bits per heavy atom. The average molecular weight is 428 g/mol. The molecular formula is C22H25N3O4S. The Morgan fingerprint density at radius 2 is 2.13 bits per heavy atom. The fraction of sp³-hybridized carbons (Fsp3) is 0.318. The Bertz CT molecular complexity index is 1040. The molecule has 158 valence electrons. The number of carbonyl (C=O) groups excluding carboxylic acids is 1. The Hall–Kier alpha value is -3.13. The number of aromatic amines is 1. The van der Waals surface area contributed by atoms with Crippen molar-refractivity contribution in [2.24, 2.45) is 5.92 Å². The molecule has 1 aromatic carbocycles. The van der Waals surface area contributed by atoms with E-state index < -0.39 is 5.56 Å². The molecule has 1 fully saturated rings. The van der Waals surface area contributed by atoms with Gasteiger partial charge in [-0.2, -0.15) is 0 Å². The number of nitrogens with zero attached hydrogens (tertiary/aromatic N) is 2. The van der Waals surface area contributed by atoms with Crippen molar-refractivity contribution in [1.82, 2.24) is 14.5 Å². The molecule has 1 saturated heterocycles. The number of piperidine rings is 1. The molecule has 7 nitrogen and oxygen atoms in total. The normalized spacial score (nSPS) is 16.5. The van der Waals surface area contributed by atoms with Crippen LogP contribution in [0.5, 0.6) is 5.88 Å². The zero-order valence-electron chi connectivity index (χ0n) is 16.6. The van der Waals surface area contributed by atoms with Gasteiger partial charge in [-0.15, -0.1) is 6.58 Å². The summed E-state index contributed by atoms with van der Waals surface area (Å²) in [5.74, 6) is -0.146. The van der Waals surface area contributed by atoms with Gasteiger partial charge in [-0.25, -0.2) is 4.79 Å². The molecule has 1 unspecified atom stereocenters. The zero-order valence-corrected chi connectivity index (χ0v) is 17.4. The summed E-state index contributed by atoms with van der Waals surface area (Å²) in [6.45, 7) is 5.28. The van der Waals surface area contributed by atoms with Gasteiger partial charge in [-0.3, -0.25) is 14.3 Å². The Labute approximate surface area is 179 Å². The number of nitrogens with one attached hydrogen (secondary N) is 1. The van der Waals surface area contributed by atoms with Crippen LogP contribution < -0.4 is 5.56 Å². The number of aromatic hydroxyl groups is 1. The first-order chi connectivity index (χ1) is 14.5. The second-order valence-corrected chi connectivity index (χ2v) is 7.53. The summed E-state index contributed by atoms with van der Waals surface area (Å²) in [7, 11) is 0. The zero-order chi connectivity index (χ0) is 21.5. The molecule has 0 bridgehead atoms. The van der Waals surface area contributed by atoms with Crippen molar-refractivity contribution in [2.75, 3.05) is 13.1 Å². The number of amides is 1. The van der Waals surface area contributed by atoms with Crippen molar-refractivity contribution in [1.29, 1.82) is 0 Å². The molecule has 1 aliphatic heterocycles. The van der Waals surface area contributed by atoms with E-state index in [2.05, 4.69) is 11.6 Å². The first-order valence-corrected chi connectivity index (χ1v) is 10.2. The lowest BCUT2D eigenvalue weighted by Crippen LogP contribution is -2.39. The lowest BCUT2D eigenvalue weighted by Gasteiger charge is -2.30. The number of rotatable bonds is 6. The standard InChI is InChI=1S/C22H25N3O4S/c1-2-12-25-20(27)18(19(26)23-21(25)30)11-10-16-9-6-13-24(14-16)22(28)29-15-17-7-4-3-5-8-17/h2-5,7-8,10-11,16,27H,1,6,9,12-15H2,(H,23,26,30). The Morgan fingerprint density at radius 3 is 2.87 bits per heavy atom. The highest BCUT2D eigenvalue weighted by atomic mass is 32.1. The van der Waals surface area contributed by atoms with Crippen LogP contribution in [0.15, 0.2) is 53.9 Å². The summed E-state index contributed by atoms with van der Waals surface area (Å²) in [6.07, 6.45) is 6.38. The number of hydrogen-bond donors (Lipinski definition) is 2. The van der Waals surface area contributed by atoms with Crippen molar-refractivity contribution in [3.63, 3.8) is 0 Å². The number of hydrogen-bond acceptors (Lipinski definition) is 5. The second kappa shape index (κ2) is 10.1. The number of H-pyrrole nitrogens is 1. The van der Waals surface area contributed by atoms with Crippen LogP contribution in [0.4, 0.5) is 4.79 Å². The smallest absolute Gasteiger partial charge is 0.410 e. The largest absolute Gasteiger partial charge is 0.494 e. The fourth-order valence-electron chi connectivity index (χ4n) is 3.40. The third kappa shape index (κ3) is 5.27. The van der Waals surface area contributed by atoms with Gasteiger partial charge in [0.15, 0.2) is 4.77 Å². The molecule has 3 rings (SSSR count). The van der Waals surface area contributed by atoms with Gasteiger partial charge < -0.3 is 14.7 Å². The summed E-state index contributed by atoms with van der Waals surface area (Å²) >= 11 is 5.08. The minimum Gasteiger partial charge on any atom is -0.494 e. The highest BCUT2D eigenvalue weighted by Gasteiger charge is 2.23. The lowest BCUT2D eigenvalue weighted by molar-refractivity contribution is 0.0836. The number of likely N-dealkylation sites (tertiary alicyclic amines) is 1. The maximum Gasteiger partial charge on any atom is 0.410 e. The molecule has 2 aromatic rings. The van der Waals surface area contributed by atoms with Gasteiger partial charge in [0, 0.05) is 19.6 Å². The maximum absolute atomic E-state index is 12.4. The first kappa shape index (κ1) is 21.6. The van der Waals surface area contributed by atoms with Gasteiger partial charge in [-0.1, -0.05) is 42.5 Å². The predicted octanol–water partition coefficient (Wildman–Crippen LogP) is 3.86. The van der Waals surface area contributed by atoms with E-state index in [4.69, 9.17) is 17.0 Å². The van der Waals surface area contributed by atoms with Crippen LogP contribution in [0.1, 0.15) is 24.0 Å². The summed E-state index contributed by atoms with van der Waals surface area (Å²) < 4.78 is 6.96. The summed E-state index contributed by atoms with van der Waals surface area (Å²) in [5, 5.41) is 10.4. The monoisotopic (exact) mass is 427 g/mol. The number of allylic oxidation sites excluding steroid dienone is 1. The van der Waals surface area contributed by atoms with E-state index in [9.17, 15) is 14.7 Å². The minimum absolute atomic E-state index is 0.0536. The van der Waals surface area contributed by atoms with Gasteiger partial charge in [0.1, 0.15) is 6.61 Å². The Balaban J connectivity index is 1.66. The predicted molar refractivity (Wildman–Crippen MR) is 118 cm³/mol. The molecule has 0 saturated carbocycles. The average Bonchev–Trinajstić information content (AvgIpc) is 2.75. The lowest BCUT2D eigenvalue weighted by atomic mass is 9.97. The molecule has 1 aromatic heterocycles. The number of aromatic nitrogens is 2. The second-order valence-electron chi connectivity index (χ2n) is 7.14. The van der Waals surface area contributed by atoms with E-state index in [1.54, 1.807) is 17.1 Å². The van der Waals surface area contributed by atoms with Crippen LogP contribution in [0.3, 0.4) is 0 Å². The molecule has 0 spiro atoms. The third-order valence-corrected chi connectivity index (χ3v) is 5.30. The molecule has 2 N–H and O–H groups in total. The van der Waals surface area contributed by atoms with Crippen molar-refractivity contribution >= 4 is 24.4 Å². The molecule has 30 heavy (non-hydrogen) atoms. The third-order valence-electron chi connectivity index (χ3n) is 4.97. The number of benzene rings is 1. The van der Waals surface area contributed by atoms with E-state index in [0.29, 0.717) is 13.1 Å². The summed E-state index contributed by atoms with van der Waals surface area (Å²) in [4.78, 5) is 28.9. The van der Waals surface area contributed by atoms with Crippen molar-refractivity contribution in [3.8, 4) is 5.88 Å². The van der Waals surface area contributed by atoms with Gasteiger partial charge in [0.2, 0.25) is 5.88 Å². The van der Waals surface area contributed by atoms with Crippen LogP contribution in [-0.4, -0.2) is 38.7 Å². The molecule has 8 heteroatoms. The summed E-state index contributed by atoms with van der Waals surface area (Å²) in [5.41, 5.74) is 0.616. The molecular weight excluding hydrogens is 402 g/mol. The number of carbonyl (C=O) groups is 1. The molecule has 0 aliphatic carbocycles. The van der Waals surface area contributed by atoms with Crippen molar-refractivity contribution in [3.05, 3.63) is 75.3 Å². The number of ether oxygens (including phenoxy) is 1.